The molecule has 0 bridgehead atoms. The minimum atomic E-state index is -0.381. The van der Waals surface area contributed by atoms with E-state index >= 15 is 0 Å². The Bertz CT molecular complexity index is 1630. The zero-order chi connectivity index (χ0) is 28.8. The second-order valence-electron chi connectivity index (χ2n) is 9.27. The van der Waals surface area contributed by atoms with E-state index in [1.807, 2.05) is 73.7 Å². The van der Waals surface area contributed by atoms with E-state index in [1.165, 1.54) is 12.0 Å². The van der Waals surface area contributed by atoms with Crippen molar-refractivity contribution in [3.05, 3.63) is 101 Å². The molecule has 0 spiro atoms. The lowest BCUT2D eigenvalue weighted by atomic mass is 10.1. The molecule has 0 aromatic heterocycles. The molecule has 9 heteroatoms. The average molecular weight is 569 g/mol. The number of ether oxygens (including phenoxy) is 3. The molecule has 0 unspecified atom stereocenters. The van der Waals surface area contributed by atoms with Crippen molar-refractivity contribution in [2.75, 3.05) is 32.2 Å². The number of aryl methyl sites for hydroxylation is 1. The smallest absolute Gasteiger partial charge is 0.293 e. The van der Waals surface area contributed by atoms with Gasteiger partial charge in [-0.05, 0) is 66.0 Å². The van der Waals surface area contributed by atoms with Crippen molar-refractivity contribution in [3.63, 3.8) is 0 Å². The van der Waals surface area contributed by atoms with Crippen LogP contribution in [0.2, 0.25) is 0 Å². The number of benzene rings is 4. The van der Waals surface area contributed by atoms with E-state index < -0.39 is 0 Å². The Balaban J connectivity index is 1.19. The molecule has 1 N–H and O–H groups in total. The fourth-order valence-electron chi connectivity index (χ4n) is 4.28. The van der Waals surface area contributed by atoms with Gasteiger partial charge in [-0.2, -0.15) is 0 Å². The van der Waals surface area contributed by atoms with Crippen molar-refractivity contribution in [1.29, 1.82) is 0 Å². The van der Waals surface area contributed by atoms with Crippen LogP contribution >= 0.6 is 11.8 Å². The van der Waals surface area contributed by atoms with Gasteiger partial charge < -0.3 is 19.5 Å². The number of carbonyl (C=O) groups is 3. The number of anilines is 1. The van der Waals surface area contributed by atoms with E-state index in [0.717, 1.165) is 28.1 Å². The van der Waals surface area contributed by atoms with Crippen LogP contribution in [0.5, 0.6) is 17.2 Å². The van der Waals surface area contributed by atoms with E-state index in [9.17, 15) is 14.4 Å². The van der Waals surface area contributed by atoms with Gasteiger partial charge in [0.25, 0.3) is 17.1 Å². The second kappa shape index (κ2) is 12.6. The number of amides is 3. The fraction of sp³-hybridized carbons (Fsp3) is 0.156. The van der Waals surface area contributed by atoms with Gasteiger partial charge in [0, 0.05) is 11.1 Å². The van der Waals surface area contributed by atoms with Gasteiger partial charge in [-0.15, -0.1) is 0 Å². The van der Waals surface area contributed by atoms with Crippen LogP contribution in [-0.4, -0.2) is 48.8 Å². The number of hydrogen-bond acceptors (Lipinski definition) is 7. The van der Waals surface area contributed by atoms with Gasteiger partial charge in [0.1, 0.15) is 12.4 Å². The summed E-state index contributed by atoms with van der Waals surface area (Å²) >= 11 is 0.877. The van der Waals surface area contributed by atoms with E-state index in [1.54, 1.807) is 24.3 Å². The predicted molar refractivity (Wildman–Crippen MR) is 160 cm³/mol. The van der Waals surface area contributed by atoms with Crippen molar-refractivity contribution in [2.45, 2.75) is 6.92 Å². The molecule has 1 aliphatic heterocycles. The van der Waals surface area contributed by atoms with Crippen molar-refractivity contribution in [3.8, 4) is 17.2 Å². The number of hydrogen-bond donors (Lipinski definition) is 1. The molecule has 0 atom stereocenters. The first-order chi connectivity index (χ1) is 19.9. The molecule has 0 aliphatic carbocycles. The van der Waals surface area contributed by atoms with E-state index in [4.69, 9.17) is 14.2 Å². The molecule has 1 heterocycles. The molecule has 4 aromatic rings. The number of nitrogens with one attached hydrogen (secondary N) is 1. The Kier molecular flexibility index (Phi) is 8.55. The van der Waals surface area contributed by atoms with Crippen LogP contribution in [0.4, 0.5) is 10.5 Å². The second-order valence-corrected chi connectivity index (χ2v) is 10.3. The number of imide groups is 1. The summed E-state index contributed by atoms with van der Waals surface area (Å²) in [6.45, 7) is 2.07. The molecular formula is C32H28N2O6S. The molecule has 208 valence electrons. The molecule has 1 saturated heterocycles. The maximum absolute atomic E-state index is 13.0. The SMILES string of the molecule is COc1cc(/C=C2\SC(=O)N(CCOc3cccc4ccccc34)C2=O)ccc1OCC(=O)Nc1ccc(C)cc1. The van der Waals surface area contributed by atoms with Crippen LogP contribution in [0, 0.1) is 6.92 Å². The van der Waals surface area contributed by atoms with Crippen LogP contribution in [-0.2, 0) is 9.59 Å². The quantitative estimate of drug-likeness (QED) is 0.225. The summed E-state index contributed by atoms with van der Waals surface area (Å²) in [5, 5.41) is 4.45. The predicted octanol–water partition coefficient (Wildman–Crippen LogP) is 6.29. The molecule has 8 nitrogen and oxygen atoms in total. The summed E-state index contributed by atoms with van der Waals surface area (Å²) in [7, 11) is 1.49. The van der Waals surface area contributed by atoms with Crippen LogP contribution in [0.1, 0.15) is 11.1 Å². The van der Waals surface area contributed by atoms with Gasteiger partial charge in [0.05, 0.1) is 18.6 Å². The van der Waals surface area contributed by atoms with E-state index in [0.29, 0.717) is 33.4 Å². The highest BCUT2D eigenvalue weighted by Crippen LogP contribution is 2.35. The molecule has 4 aromatic carbocycles. The minimum absolute atomic E-state index is 0.131. The molecule has 0 saturated carbocycles. The van der Waals surface area contributed by atoms with Gasteiger partial charge in [0.2, 0.25) is 0 Å². The minimum Gasteiger partial charge on any atom is -0.493 e. The van der Waals surface area contributed by atoms with E-state index in [2.05, 4.69) is 5.32 Å². The van der Waals surface area contributed by atoms with Crippen molar-refractivity contribution in [2.24, 2.45) is 0 Å². The first kappa shape index (κ1) is 27.8. The average Bonchev–Trinajstić information content (AvgIpc) is 3.25. The Labute approximate surface area is 241 Å². The Morgan fingerprint density at radius 3 is 2.49 bits per heavy atom. The summed E-state index contributed by atoms with van der Waals surface area (Å²) in [4.78, 5) is 39.4. The van der Waals surface area contributed by atoms with Crippen molar-refractivity contribution < 1.29 is 28.6 Å². The standard InChI is InChI=1S/C32H28N2O6S/c1-21-10-13-24(14-11-21)33-30(35)20-40-27-15-12-22(18-28(27)38-2)19-29-31(36)34(32(37)41-29)16-17-39-26-9-5-7-23-6-3-4-8-25(23)26/h3-15,18-19H,16-17,20H2,1-2H3,(H,33,35)/b29-19-. The molecule has 0 radical (unpaired) electrons. The number of thioether (sulfide) groups is 1. The zero-order valence-electron chi connectivity index (χ0n) is 22.6. The lowest BCUT2D eigenvalue weighted by molar-refractivity contribution is -0.123. The topological polar surface area (TPSA) is 94.2 Å². The van der Waals surface area contributed by atoms with Crippen LogP contribution in [0.15, 0.2) is 89.8 Å². The summed E-state index contributed by atoms with van der Waals surface area (Å²) in [6.07, 6.45) is 1.63. The number of carbonyl (C=O) groups excluding carboxylic acids is 3. The maximum atomic E-state index is 13.0. The normalized spacial score (nSPS) is 14.0. The van der Waals surface area contributed by atoms with E-state index in [-0.39, 0.29) is 36.8 Å². The summed E-state index contributed by atoms with van der Waals surface area (Å²) in [5.41, 5.74) is 2.43. The highest BCUT2D eigenvalue weighted by atomic mass is 32.2. The summed E-state index contributed by atoms with van der Waals surface area (Å²) in [5.74, 6) is 0.784. The first-order valence-electron chi connectivity index (χ1n) is 12.9. The lowest BCUT2D eigenvalue weighted by Crippen LogP contribution is -2.32. The van der Waals surface area contributed by atoms with Crippen LogP contribution in [0.3, 0.4) is 0 Å². The van der Waals surface area contributed by atoms with Crippen molar-refractivity contribution in [1.82, 2.24) is 4.90 Å². The Morgan fingerprint density at radius 2 is 1.68 bits per heavy atom. The highest BCUT2D eigenvalue weighted by molar-refractivity contribution is 8.18. The Hall–Kier alpha value is -4.76. The zero-order valence-corrected chi connectivity index (χ0v) is 23.4. The maximum Gasteiger partial charge on any atom is 0.293 e. The molecule has 1 aliphatic rings. The summed E-state index contributed by atoms with van der Waals surface area (Å²) < 4.78 is 17.0. The fourth-order valence-corrected chi connectivity index (χ4v) is 5.15. The molecule has 5 rings (SSSR count). The number of rotatable bonds is 10. The molecule has 1 fully saturated rings. The van der Waals surface area contributed by atoms with Gasteiger partial charge in [-0.1, -0.05) is 60.2 Å². The molecular weight excluding hydrogens is 540 g/mol. The van der Waals surface area contributed by atoms with Crippen LogP contribution < -0.4 is 19.5 Å². The number of methoxy groups -OCH3 is 1. The lowest BCUT2D eigenvalue weighted by Gasteiger charge is -2.14. The molecule has 3 amide bonds. The first-order valence-corrected chi connectivity index (χ1v) is 13.8. The third-order valence-corrected chi connectivity index (χ3v) is 7.28. The highest BCUT2D eigenvalue weighted by Gasteiger charge is 2.34. The van der Waals surface area contributed by atoms with Crippen LogP contribution in [0.25, 0.3) is 16.8 Å². The van der Waals surface area contributed by atoms with Gasteiger partial charge in [-0.25, -0.2) is 0 Å². The Morgan fingerprint density at radius 1 is 0.902 bits per heavy atom. The monoisotopic (exact) mass is 568 g/mol. The van der Waals surface area contributed by atoms with Gasteiger partial charge >= 0.3 is 0 Å². The summed E-state index contributed by atoms with van der Waals surface area (Å²) in [6, 6.07) is 26.2. The van der Waals surface area contributed by atoms with Gasteiger partial charge in [-0.3, -0.25) is 19.3 Å². The van der Waals surface area contributed by atoms with Crippen molar-refractivity contribution >= 4 is 51.4 Å². The number of nitrogens with zero attached hydrogens (tertiary/aromatic N) is 1. The number of fused-ring (bicyclic) bond motifs is 1. The third-order valence-electron chi connectivity index (χ3n) is 6.38. The molecule has 41 heavy (non-hydrogen) atoms. The van der Waals surface area contributed by atoms with Gasteiger partial charge in [0.15, 0.2) is 18.1 Å². The third kappa shape index (κ3) is 6.70. The largest absolute Gasteiger partial charge is 0.493 e.